The van der Waals surface area contributed by atoms with E-state index < -0.39 is 0 Å². The molecule has 0 fully saturated rings. The van der Waals surface area contributed by atoms with Gasteiger partial charge in [0.15, 0.2) is 5.78 Å². The van der Waals surface area contributed by atoms with Crippen LogP contribution in [0.4, 0.5) is 0 Å². The van der Waals surface area contributed by atoms with Crippen LogP contribution in [-0.2, 0) is 11.3 Å². The lowest BCUT2D eigenvalue weighted by molar-refractivity contribution is -0.119. The van der Waals surface area contributed by atoms with Crippen LogP contribution < -0.4 is 0 Å². The number of benzene rings is 1. The van der Waals surface area contributed by atoms with Gasteiger partial charge in [0, 0.05) is 6.54 Å². The normalized spacial score (nSPS) is 10.7. The molecule has 0 aliphatic rings. The van der Waals surface area contributed by atoms with Crippen LogP contribution in [0.1, 0.15) is 12.0 Å². The zero-order chi connectivity index (χ0) is 13.0. The fourth-order valence-corrected chi connectivity index (χ4v) is 1.89. The molecule has 2 aromatic rings. The van der Waals surface area contributed by atoms with Crippen molar-refractivity contribution < 1.29 is 4.79 Å². The minimum absolute atomic E-state index is 0.0239. The number of nitrogens with zero attached hydrogens (tertiary/aromatic N) is 3. The Morgan fingerprint density at radius 1 is 1.56 bits per heavy atom. The topological polar surface area (TPSA) is 72.8 Å². The van der Waals surface area contributed by atoms with Crippen molar-refractivity contribution in [1.29, 1.82) is 5.26 Å². The molecule has 1 heterocycles. The number of nitriles is 1. The lowest BCUT2D eigenvalue weighted by Crippen LogP contribution is -2.25. The molecule has 5 heteroatoms. The zero-order valence-electron chi connectivity index (χ0n) is 10.2. The van der Waals surface area contributed by atoms with E-state index in [1.54, 1.807) is 6.33 Å². The van der Waals surface area contributed by atoms with E-state index in [0.717, 1.165) is 16.6 Å². The summed E-state index contributed by atoms with van der Waals surface area (Å²) in [6.07, 6.45) is 1.64. The lowest BCUT2D eigenvalue weighted by Gasteiger charge is -2.14. The first-order valence-corrected chi connectivity index (χ1v) is 5.68. The summed E-state index contributed by atoms with van der Waals surface area (Å²) in [5, 5.41) is 8.43. The Morgan fingerprint density at radius 3 is 3.17 bits per heavy atom. The van der Waals surface area contributed by atoms with Crippen molar-refractivity contribution in [2.45, 2.75) is 13.0 Å². The molecule has 0 radical (unpaired) electrons. The first-order chi connectivity index (χ1) is 8.69. The van der Waals surface area contributed by atoms with E-state index in [-0.39, 0.29) is 12.2 Å². The number of aromatic amines is 1. The second-order valence-electron chi connectivity index (χ2n) is 4.30. The Morgan fingerprint density at radius 2 is 2.39 bits per heavy atom. The van der Waals surface area contributed by atoms with Gasteiger partial charge in [0.1, 0.15) is 0 Å². The van der Waals surface area contributed by atoms with Crippen LogP contribution in [0.2, 0.25) is 0 Å². The highest BCUT2D eigenvalue weighted by Crippen LogP contribution is 2.12. The number of carbonyl (C=O) groups excluding carboxylic acids is 1. The molecule has 0 amide bonds. The second kappa shape index (κ2) is 5.43. The average Bonchev–Trinajstić information content (AvgIpc) is 2.76. The maximum Gasteiger partial charge on any atom is 0.160 e. The number of nitrogens with one attached hydrogen (secondary N) is 1. The summed E-state index contributed by atoms with van der Waals surface area (Å²) in [5.74, 6) is -0.0531. The van der Waals surface area contributed by atoms with E-state index in [0.29, 0.717) is 13.1 Å². The number of ketones is 1. The van der Waals surface area contributed by atoms with Gasteiger partial charge in [-0.3, -0.25) is 9.69 Å². The number of H-pyrrole nitrogens is 1. The van der Waals surface area contributed by atoms with E-state index in [2.05, 4.69) is 9.97 Å². The summed E-state index contributed by atoms with van der Waals surface area (Å²) in [4.78, 5) is 20.4. The summed E-state index contributed by atoms with van der Waals surface area (Å²) in [7, 11) is 1.87. The predicted molar refractivity (Wildman–Crippen MR) is 67.7 cm³/mol. The van der Waals surface area contributed by atoms with E-state index in [4.69, 9.17) is 5.26 Å². The van der Waals surface area contributed by atoms with Crippen LogP contribution in [0, 0.1) is 11.3 Å². The number of hydrogen-bond donors (Lipinski definition) is 1. The van der Waals surface area contributed by atoms with Crippen molar-refractivity contribution in [3.8, 4) is 6.07 Å². The molecule has 0 aliphatic heterocycles. The third-order valence-corrected chi connectivity index (χ3v) is 2.66. The third kappa shape index (κ3) is 2.93. The summed E-state index contributed by atoms with van der Waals surface area (Å²) >= 11 is 0. The van der Waals surface area contributed by atoms with E-state index in [9.17, 15) is 4.79 Å². The van der Waals surface area contributed by atoms with Gasteiger partial charge in [-0.1, -0.05) is 6.07 Å². The van der Waals surface area contributed by atoms with Gasteiger partial charge in [-0.15, -0.1) is 0 Å². The molecule has 0 saturated heterocycles. The van der Waals surface area contributed by atoms with Gasteiger partial charge in [0.25, 0.3) is 0 Å². The maximum atomic E-state index is 11.3. The number of hydrogen-bond acceptors (Lipinski definition) is 4. The van der Waals surface area contributed by atoms with Crippen LogP contribution in [0.3, 0.4) is 0 Å². The smallest absolute Gasteiger partial charge is 0.160 e. The summed E-state index contributed by atoms with van der Waals surface area (Å²) in [5.41, 5.74) is 3.03. The molecular formula is C13H14N4O. The SMILES string of the molecule is CN(CC(=O)CC#N)Cc1ccc2nc[nH]c2c1. The average molecular weight is 242 g/mol. The van der Waals surface area contributed by atoms with Crippen LogP contribution in [0.25, 0.3) is 11.0 Å². The molecule has 92 valence electrons. The lowest BCUT2D eigenvalue weighted by atomic mass is 10.2. The number of Topliss-reactive ketones (excluding diaryl/α,β-unsaturated/α-hetero) is 1. The van der Waals surface area contributed by atoms with Crippen molar-refractivity contribution >= 4 is 16.8 Å². The third-order valence-electron chi connectivity index (χ3n) is 2.66. The standard InChI is InChI=1S/C13H14N4O/c1-17(8-11(18)4-5-14)7-10-2-3-12-13(6-10)16-9-15-12/h2-3,6,9H,4,7-8H2,1H3,(H,15,16). The van der Waals surface area contributed by atoms with Crippen LogP contribution in [-0.4, -0.2) is 34.2 Å². The number of carbonyl (C=O) groups is 1. The van der Waals surface area contributed by atoms with Crippen molar-refractivity contribution in [2.24, 2.45) is 0 Å². The quantitative estimate of drug-likeness (QED) is 0.861. The molecule has 0 atom stereocenters. The molecule has 0 aliphatic carbocycles. The largest absolute Gasteiger partial charge is 0.345 e. The highest BCUT2D eigenvalue weighted by Gasteiger charge is 2.07. The van der Waals surface area contributed by atoms with Crippen LogP contribution in [0.15, 0.2) is 24.5 Å². The molecule has 0 bridgehead atoms. The highest BCUT2D eigenvalue weighted by molar-refractivity contribution is 5.82. The maximum absolute atomic E-state index is 11.3. The minimum atomic E-state index is -0.0531. The van der Waals surface area contributed by atoms with Gasteiger partial charge in [-0.05, 0) is 24.7 Å². The van der Waals surface area contributed by atoms with Gasteiger partial charge in [-0.2, -0.15) is 5.26 Å². The first-order valence-electron chi connectivity index (χ1n) is 5.68. The molecule has 2 rings (SSSR count). The Balaban J connectivity index is 2.00. The first kappa shape index (κ1) is 12.3. The molecule has 0 unspecified atom stereocenters. The number of rotatable bonds is 5. The molecule has 0 saturated carbocycles. The number of imidazole rings is 1. The molecule has 0 spiro atoms. The van der Waals surface area contributed by atoms with Crippen molar-refractivity contribution in [1.82, 2.24) is 14.9 Å². The Labute approximate surface area is 105 Å². The van der Waals surface area contributed by atoms with E-state index in [1.165, 1.54) is 0 Å². The van der Waals surface area contributed by atoms with Crippen molar-refractivity contribution in [3.63, 3.8) is 0 Å². The van der Waals surface area contributed by atoms with Crippen molar-refractivity contribution in [3.05, 3.63) is 30.1 Å². The zero-order valence-corrected chi connectivity index (χ0v) is 10.2. The minimum Gasteiger partial charge on any atom is -0.345 e. The number of likely N-dealkylation sites (N-methyl/N-ethyl adjacent to an activating group) is 1. The van der Waals surface area contributed by atoms with Gasteiger partial charge in [0.2, 0.25) is 0 Å². The highest BCUT2D eigenvalue weighted by atomic mass is 16.1. The molecule has 18 heavy (non-hydrogen) atoms. The van der Waals surface area contributed by atoms with Gasteiger partial charge < -0.3 is 4.98 Å². The van der Waals surface area contributed by atoms with Crippen LogP contribution in [0.5, 0.6) is 0 Å². The molecule has 1 N–H and O–H groups in total. The monoisotopic (exact) mass is 242 g/mol. The second-order valence-corrected chi connectivity index (χ2v) is 4.30. The van der Waals surface area contributed by atoms with E-state index >= 15 is 0 Å². The Bertz CT molecular complexity index is 596. The summed E-state index contributed by atoms with van der Waals surface area (Å²) < 4.78 is 0. The van der Waals surface area contributed by atoms with Gasteiger partial charge in [-0.25, -0.2) is 4.98 Å². The molecular weight excluding hydrogens is 228 g/mol. The van der Waals surface area contributed by atoms with E-state index in [1.807, 2.05) is 36.2 Å². The summed E-state index contributed by atoms with van der Waals surface area (Å²) in [6, 6.07) is 7.83. The molecule has 1 aromatic heterocycles. The number of fused-ring (bicyclic) bond motifs is 1. The molecule has 5 nitrogen and oxygen atoms in total. The Kier molecular flexibility index (Phi) is 3.70. The van der Waals surface area contributed by atoms with Crippen molar-refractivity contribution in [2.75, 3.05) is 13.6 Å². The fourth-order valence-electron chi connectivity index (χ4n) is 1.89. The van der Waals surface area contributed by atoms with Gasteiger partial charge in [0.05, 0.1) is 36.4 Å². The summed E-state index contributed by atoms with van der Waals surface area (Å²) in [6.45, 7) is 0.973. The molecule has 1 aromatic carbocycles. The predicted octanol–water partition coefficient (Wildman–Crippen LogP) is 1.48. The number of aromatic nitrogens is 2. The fraction of sp³-hybridized carbons (Fsp3) is 0.308. The van der Waals surface area contributed by atoms with Gasteiger partial charge >= 0.3 is 0 Å². The Hall–Kier alpha value is -2.19. The van der Waals surface area contributed by atoms with Crippen LogP contribution >= 0.6 is 0 Å².